The number of carbonyl (C=O) groups excluding carboxylic acids is 1. The average molecular weight is 455 g/mol. The lowest BCUT2D eigenvalue weighted by Crippen LogP contribution is -2.40. The quantitative estimate of drug-likeness (QED) is 0.678. The van der Waals surface area contributed by atoms with Crippen LogP contribution in [0.3, 0.4) is 0 Å². The summed E-state index contributed by atoms with van der Waals surface area (Å²) in [5.41, 5.74) is 1.47. The third-order valence-corrected chi connectivity index (χ3v) is 6.88. The molecule has 1 heterocycles. The highest BCUT2D eigenvalue weighted by Crippen LogP contribution is 2.21. The molecule has 0 unspecified atom stereocenters. The number of rotatable bonds is 6. The van der Waals surface area contributed by atoms with Gasteiger partial charge in [-0.25, -0.2) is 8.42 Å². The molecule has 1 N–H and O–H groups in total. The van der Waals surface area contributed by atoms with Crippen LogP contribution in [0.15, 0.2) is 53.4 Å². The Labute approximate surface area is 180 Å². The van der Waals surface area contributed by atoms with Crippen LogP contribution in [0.1, 0.15) is 11.1 Å². The van der Waals surface area contributed by atoms with E-state index in [4.69, 9.17) is 27.9 Å². The molecule has 154 valence electrons. The Morgan fingerprint density at radius 1 is 1.10 bits per heavy atom. The van der Waals surface area contributed by atoms with Crippen LogP contribution in [0.4, 0.5) is 0 Å². The van der Waals surface area contributed by atoms with E-state index in [0.717, 1.165) is 5.56 Å². The molecule has 3 rings (SSSR count). The van der Waals surface area contributed by atoms with Gasteiger partial charge in [-0.2, -0.15) is 4.31 Å². The molecule has 6 nitrogen and oxygen atoms in total. The first-order valence-corrected chi connectivity index (χ1v) is 11.1. The molecule has 0 aromatic heterocycles. The van der Waals surface area contributed by atoms with Gasteiger partial charge in [0.05, 0.1) is 18.1 Å². The summed E-state index contributed by atoms with van der Waals surface area (Å²) in [5, 5.41) is 3.76. The van der Waals surface area contributed by atoms with Crippen molar-refractivity contribution in [3.05, 3.63) is 69.7 Å². The first-order chi connectivity index (χ1) is 13.9. The van der Waals surface area contributed by atoms with Gasteiger partial charge in [-0.15, -0.1) is 0 Å². The van der Waals surface area contributed by atoms with Gasteiger partial charge >= 0.3 is 0 Å². The second kappa shape index (κ2) is 9.73. The monoisotopic (exact) mass is 454 g/mol. The Morgan fingerprint density at radius 2 is 1.79 bits per heavy atom. The van der Waals surface area contributed by atoms with Crippen LogP contribution in [0, 0.1) is 0 Å². The Morgan fingerprint density at radius 3 is 2.45 bits per heavy atom. The summed E-state index contributed by atoms with van der Waals surface area (Å²) < 4.78 is 31.8. The van der Waals surface area contributed by atoms with Crippen LogP contribution in [0.2, 0.25) is 10.0 Å². The number of carbonyl (C=O) groups is 1. The second-order valence-electron chi connectivity index (χ2n) is 6.37. The zero-order valence-corrected chi connectivity index (χ0v) is 17.8. The summed E-state index contributed by atoms with van der Waals surface area (Å²) in [7, 11) is -3.53. The van der Waals surface area contributed by atoms with Gasteiger partial charge in [-0.1, -0.05) is 41.4 Å². The molecule has 29 heavy (non-hydrogen) atoms. The minimum Gasteiger partial charge on any atom is -0.379 e. The van der Waals surface area contributed by atoms with Crippen molar-refractivity contribution in [3.63, 3.8) is 0 Å². The molecular formula is C20H20Cl2N2O4S. The fourth-order valence-corrected chi connectivity index (χ4v) is 4.65. The predicted molar refractivity (Wildman–Crippen MR) is 113 cm³/mol. The molecule has 0 radical (unpaired) electrons. The lowest BCUT2D eigenvalue weighted by atomic mass is 10.2. The molecule has 0 spiro atoms. The Balaban J connectivity index is 1.58. The number of sulfonamides is 1. The predicted octanol–water partition coefficient (Wildman–Crippen LogP) is 3.34. The first kappa shape index (κ1) is 21.8. The molecule has 2 aromatic rings. The Hall–Kier alpha value is -1.90. The van der Waals surface area contributed by atoms with E-state index in [9.17, 15) is 13.2 Å². The van der Waals surface area contributed by atoms with Crippen molar-refractivity contribution in [3.8, 4) is 0 Å². The minimum atomic E-state index is -3.53. The number of halogens is 2. The largest absolute Gasteiger partial charge is 0.379 e. The maximum atomic E-state index is 12.6. The van der Waals surface area contributed by atoms with Crippen molar-refractivity contribution in [2.45, 2.75) is 11.4 Å². The van der Waals surface area contributed by atoms with Crippen LogP contribution in [-0.2, 0) is 26.1 Å². The van der Waals surface area contributed by atoms with E-state index in [2.05, 4.69) is 5.32 Å². The normalized spacial score (nSPS) is 15.5. The van der Waals surface area contributed by atoms with E-state index in [1.54, 1.807) is 36.4 Å². The lowest BCUT2D eigenvalue weighted by Gasteiger charge is -2.26. The number of morpholine rings is 1. The molecule has 1 aliphatic rings. The van der Waals surface area contributed by atoms with Gasteiger partial charge in [0.15, 0.2) is 0 Å². The molecule has 1 amide bonds. The standard InChI is InChI=1S/C20H20Cl2N2O4S/c21-17-5-4-16(19(22)13-17)14-23-20(25)8-3-15-1-6-18(7-2-15)29(26,27)24-9-11-28-12-10-24/h1-8,13H,9-12,14H2,(H,23,25). The van der Waals surface area contributed by atoms with Crippen molar-refractivity contribution in [2.75, 3.05) is 26.3 Å². The molecule has 9 heteroatoms. The minimum absolute atomic E-state index is 0.221. The molecule has 0 atom stereocenters. The molecule has 0 aliphatic carbocycles. The van der Waals surface area contributed by atoms with Gasteiger partial charge < -0.3 is 10.1 Å². The van der Waals surface area contributed by atoms with Gasteiger partial charge in [-0.3, -0.25) is 4.79 Å². The van der Waals surface area contributed by atoms with Crippen molar-refractivity contribution < 1.29 is 17.9 Å². The first-order valence-electron chi connectivity index (χ1n) is 8.94. The SMILES string of the molecule is O=C(C=Cc1ccc(S(=O)(=O)N2CCOCC2)cc1)NCc1ccc(Cl)cc1Cl. The zero-order valence-electron chi connectivity index (χ0n) is 15.5. The van der Waals surface area contributed by atoms with Gasteiger partial charge in [0.1, 0.15) is 0 Å². The average Bonchev–Trinajstić information content (AvgIpc) is 2.72. The number of nitrogens with zero attached hydrogens (tertiary/aromatic N) is 1. The van der Waals surface area contributed by atoms with Gasteiger partial charge in [-0.05, 0) is 41.5 Å². The second-order valence-corrected chi connectivity index (χ2v) is 9.15. The summed E-state index contributed by atoms with van der Waals surface area (Å²) >= 11 is 11.9. The van der Waals surface area contributed by atoms with E-state index < -0.39 is 10.0 Å². The van der Waals surface area contributed by atoms with Crippen molar-refractivity contribution in [2.24, 2.45) is 0 Å². The Bertz CT molecular complexity index is 1000. The summed E-state index contributed by atoms with van der Waals surface area (Å²) in [5.74, 6) is -0.291. The summed E-state index contributed by atoms with van der Waals surface area (Å²) in [6.07, 6.45) is 3.00. The molecule has 2 aromatic carbocycles. The number of nitrogens with one attached hydrogen (secondary N) is 1. The highest BCUT2D eigenvalue weighted by molar-refractivity contribution is 7.89. The van der Waals surface area contributed by atoms with Gasteiger partial charge in [0.2, 0.25) is 15.9 Å². The number of hydrogen-bond acceptors (Lipinski definition) is 4. The van der Waals surface area contributed by atoms with Crippen LogP contribution in [0.5, 0.6) is 0 Å². The zero-order chi connectivity index (χ0) is 20.9. The fraction of sp³-hybridized carbons (Fsp3) is 0.250. The highest BCUT2D eigenvalue weighted by Gasteiger charge is 2.25. The van der Waals surface area contributed by atoms with E-state index >= 15 is 0 Å². The smallest absolute Gasteiger partial charge is 0.244 e. The molecule has 1 fully saturated rings. The maximum Gasteiger partial charge on any atom is 0.244 e. The number of amides is 1. The third kappa shape index (κ3) is 5.81. The topological polar surface area (TPSA) is 75.7 Å². The summed E-state index contributed by atoms with van der Waals surface area (Å²) in [6.45, 7) is 1.77. The molecular weight excluding hydrogens is 435 g/mol. The van der Waals surface area contributed by atoms with Crippen LogP contribution < -0.4 is 5.32 Å². The lowest BCUT2D eigenvalue weighted by molar-refractivity contribution is -0.116. The van der Waals surface area contributed by atoms with E-state index in [-0.39, 0.29) is 17.3 Å². The van der Waals surface area contributed by atoms with E-state index in [1.165, 1.54) is 22.5 Å². The molecule has 1 aliphatic heterocycles. The highest BCUT2D eigenvalue weighted by atomic mass is 35.5. The van der Waals surface area contributed by atoms with Crippen LogP contribution >= 0.6 is 23.2 Å². The number of benzene rings is 2. The van der Waals surface area contributed by atoms with E-state index in [0.29, 0.717) is 41.9 Å². The van der Waals surface area contributed by atoms with Crippen molar-refractivity contribution >= 4 is 45.2 Å². The number of ether oxygens (including phenoxy) is 1. The third-order valence-electron chi connectivity index (χ3n) is 4.38. The van der Waals surface area contributed by atoms with Crippen molar-refractivity contribution in [1.82, 2.24) is 9.62 Å². The van der Waals surface area contributed by atoms with Crippen LogP contribution in [0.25, 0.3) is 6.08 Å². The van der Waals surface area contributed by atoms with Crippen LogP contribution in [-0.4, -0.2) is 44.9 Å². The number of hydrogen-bond donors (Lipinski definition) is 1. The molecule has 1 saturated heterocycles. The van der Waals surface area contributed by atoms with Crippen molar-refractivity contribution in [1.29, 1.82) is 0 Å². The fourth-order valence-electron chi connectivity index (χ4n) is 2.77. The van der Waals surface area contributed by atoms with Gasteiger partial charge in [0, 0.05) is 35.8 Å². The van der Waals surface area contributed by atoms with Gasteiger partial charge in [0.25, 0.3) is 0 Å². The maximum absolute atomic E-state index is 12.6. The Kier molecular flexibility index (Phi) is 7.32. The van der Waals surface area contributed by atoms with E-state index in [1.807, 2.05) is 0 Å². The summed E-state index contributed by atoms with van der Waals surface area (Å²) in [4.78, 5) is 12.2. The molecule has 0 bridgehead atoms. The summed E-state index contributed by atoms with van der Waals surface area (Å²) in [6, 6.07) is 11.5. The molecule has 0 saturated carbocycles.